The van der Waals surface area contributed by atoms with E-state index >= 15 is 0 Å². The molecule has 0 spiro atoms. The van der Waals surface area contributed by atoms with Gasteiger partial charge in [0.15, 0.2) is 0 Å². The first-order valence-corrected chi connectivity index (χ1v) is 6.77. The maximum absolute atomic E-state index is 3.00. The van der Waals surface area contributed by atoms with Gasteiger partial charge in [0.25, 0.3) is 0 Å². The average molecular weight is 216 g/mol. The predicted octanol–water partition coefficient (Wildman–Crippen LogP) is 4.75. The molecule has 4 aliphatic carbocycles. The van der Waals surface area contributed by atoms with E-state index in [1.165, 1.54) is 38.5 Å². The SMILES string of the molecule is C1=CC2CCC1C2.C1=CC2CCC1C2.C=C. The van der Waals surface area contributed by atoms with Crippen LogP contribution in [-0.4, -0.2) is 0 Å². The first kappa shape index (κ1) is 11.7. The zero-order valence-corrected chi connectivity index (χ0v) is 10.3. The Kier molecular flexibility index (Phi) is 4.04. The normalized spacial score (nSPS) is 40.2. The smallest absolute Gasteiger partial charge is 0.0228 e. The molecule has 0 amide bonds. The van der Waals surface area contributed by atoms with E-state index in [0.717, 1.165) is 23.7 Å². The molecule has 16 heavy (non-hydrogen) atoms. The van der Waals surface area contributed by atoms with Crippen LogP contribution in [0.25, 0.3) is 0 Å². The molecule has 4 rings (SSSR count). The highest BCUT2D eigenvalue weighted by Gasteiger charge is 2.25. The summed E-state index contributed by atoms with van der Waals surface area (Å²) in [6, 6.07) is 0. The first-order chi connectivity index (χ1) is 7.90. The van der Waals surface area contributed by atoms with E-state index in [1.807, 2.05) is 0 Å². The average Bonchev–Trinajstić information content (AvgIpc) is 3.14. The third-order valence-corrected chi connectivity index (χ3v) is 4.34. The highest BCUT2D eigenvalue weighted by atomic mass is 14.3. The van der Waals surface area contributed by atoms with Gasteiger partial charge in [-0.1, -0.05) is 24.3 Å². The Morgan fingerprint density at radius 1 is 0.562 bits per heavy atom. The zero-order chi connectivity index (χ0) is 11.4. The van der Waals surface area contributed by atoms with Crippen molar-refractivity contribution in [3.05, 3.63) is 37.5 Å². The van der Waals surface area contributed by atoms with Crippen molar-refractivity contribution in [1.82, 2.24) is 0 Å². The summed E-state index contributed by atoms with van der Waals surface area (Å²) in [5, 5.41) is 0. The fourth-order valence-electron chi connectivity index (χ4n) is 3.43. The van der Waals surface area contributed by atoms with Gasteiger partial charge < -0.3 is 0 Å². The summed E-state index contributed by atoms with van der Waals surface area (Å²) in [6.07, 6.45) is 18.4. The third kappa shape index (κ3) is 2.66. The molecule has 4 unspecified atom stereocenters. The van der Waals surface area contributed by atoms with Crippen LogP contribution in [0.15, 0.2) is 37.5 Å². The van der Waals surface area contributed by atoms with Crippen molar-refractivity contribution < 1.29 is 0 Å². The van der Waals surface area contributed by atoms with Crippen molar-refractivity contribution >= 4 is 0 Å². The summed E-state index contributed by atoms with van der Waals surface area (Å²) in [7, 11) is 0. The molecule has 0 aliphatic heterocycles. The largest absolute Gasteiger partial charge is 0.106 e. The summed E-state index contributed by atoms with van der Waals surface area (Å²) in [4.78, 5) is 0. The molecular formula is C16H24. The van der Waals surface area contributed by atoms with E-state index in [0.29, 0.717) is 0 Å². The highest BCUT2D eigenvalue weighted by molar-refractivity contribution is 5.07. The van der Waals surface area contributed by atoms with E-state index in [1.54, 1.807) is 0 Å². The summed E-state index contributed by atoms with van der Waals surface area (Å²) in [6.45, 7) is 6.00. The standard InChI is InChI=1S/2C7H10.C2H4/c2*1-2-7-4-3-6(1)5-7;1-2/h2*1-2,6-7H,3-5H2;1-2H2. The van der Waals surface area contributed by atoms with E-state index in [2.05, 4.69) is 37.5 Å². The number of hydrogen-bond acceptors (Lipinski definition) is 0. The maximum atomic E-state index is 3.00. The van der Waals surface area contributed by atoms with Crippen LogP contribution >= 0.6 is 0 Å². The Morgan fingerprint density at radius 2 is 0.812 bits per heavy atom. The Bertz CT molecular complexity index is 222. The lowest BCUT2D eigenvalue weighted by Gasteiger charge is -1.96. The number of fused-ring (bicyclic) bond motifs is 4. The minimum Gasteiger partial charge on any atom is -0.106 e. The van der Waals surface area contributed by atoms with Gasteiger partial charge in [0, 0.05) is 0 Å². The fourth-order valence-corrected chi connectivity index (χ4v) is 3.43. The lowest BCUT2D eigenvalue weighted by atomic mass is 10.1. The van der Waals surface area contributed by atoms with Gasteiger partial charge in [-0.2, -0.15) is 0 Å². The third-order valence-electron chi connectivity index (χ3n) is 4.34. The Hall–Kier alpha value is -0.780. The van der Waals surface area contributed by atoms with Crippen molar-refractivity contribution in [2.24, 2.45) is 23.7 Å². The lowest BCUT2D eigenvalue weighted by Crippen LogP contribution is -1.82. The molecule has 0 aromatic heterocycles. The van der Waals surface area contributed by atoms with E-state index in [-0.39, 0.29) is 0 Å². The minimum atomic E-state index is 0.991. The Labute approximate surface area is 100 Å². The molecule has 0 aromatic carbocycles. The molecule has 2 fully saturated rings. The van der Waals surface area contributed by atoms with Gasteiger partial charge in [-0.3, -0.25) is 0 Å². The molecule has 0 nitrogen and oxygen atoms in total. The topological polar surface area (TPSA) is 0 Å². The minimum absolute atomic E-state index is 0.991. The molecule has 0 heteroatoms. The van der Waals surface area contributed by atoms with Crippen molar-refractivity contribution in [2.45, 2.75) is 38.5 Å². The second kappa shape index (κ2) is 5.52. The Morgan fingerprint density at radius 3 is 0.875 bits per heavy atom. The number of allylic oxidation sites excluding steroid dienone is 4. The molecule has 0 radical (unpaired) electrons. The molecule has 88 valence electrons. The Balaban J connectivity index is 0.000000105. The summed E-state index contributed by atoms with van der Waals surface area (Å²) < 4.78 is 0. The van der Waals surface area contributed by atoms with Crippen LogP contribution in [-0.2, 0) is 0 Å². The number of hydrogen-bond donors (Lipinski definition) is 0. The van der Waals surface area contributed by atoms with Gasteiger partial charge in [-0.25, -0.2) is 0 Å². The van der Waals surface area contributed by atoms with Crippen molar-refractivity contribution in [3.8, 4) is 0 Å². The molecule has 0 heterocycles. The second-order valence-corrected chi connectivity index (χ2v) is 5.44. The quantitative estimate of drug-likeness (QED) is 0.513. The molecule has 4 atom stereocenters. The van der Waals surface area contributed by atoms with E-state index < -0.39 is 0 Å². The van der Waals surface area contributed by atoms with Crippen LogP contribution in [0.5, 0.6) is 0 Å². The summed E-state index contributed by atoms with van der Waals surface area (Å²) in [5.41, 5.74) is 0. The fraction of sp³-hybridized carbons (Fsp3) is 0.625. The van der Waals surface area contributed by atoms with E-state index in [4.69, 9.17) is 0 Å². The molecule has 0 aromatic rings. The lowest BCUT2D eigenvalue weighted by molar-refractivity contribution is 0.691. The van der Waals surface area contributed by atoms with Crippen molar-refractivity contribution in [3.63, 3.8) is 0 Å². The maximum Gasteiger partial charge on any atom is -0.0228 e. The molecule has 4 aliphatic rings. The molecular weight excluding hydrogens is 192 g/mol. The predicted molar refractivity (Wildman–Crippen MR) is 71.2 cm³/mol. The van der Waals surface area contributed by atoms with Crippen LogP contribution in [0.2, 0.25) is 0 Å². The first-order valence-electron chi connectivity index (χ1n) is 6.77. The van der Waals surface area contributed by atoms with Crippen molar-refractivity contribution in [2.75, 3.05) is 0 Å². The summed E-state index contributed by atoms with van der Waals surface area (Å²) >= 11 is 0. The molecule has 4 bridgehead atoms. The van der Waals surface area contributed by atoms with Crippen LogP contribution in [0.1, 0.15) is 38.5 Å². The van der Waals surface area contributed by atoms with Gasteiger partial charge in [-0.05, 0) is 62.2 Å². The molecule has 2 saturated carbocycles. The highest BCUT2D eigenvalue weighted by Crippen LogP contribution is 2.38. The van der Waals surface area contributed by atoms with Crippen LogP contribution in [0, 0.1) is 23.7 Å². The van der Waals surface area contributed by atoms with Gasteiger partial charge in [-0.15, -0.1) is 13.2 Å². The van der Waals surface area contributed by atoms with Crippen LogP contribution in [0.3, 0.4) is 0 Å². The molecule has 0 N–H and O–H groups in total. The number of rotatable bonds is 0. The van der Waals surface area contributed by atoms with Crippen LogP contribution in [0.4, 0.5) is 0 Å². The molecule has 0 saturated heterocycles. The monoisotopic (exact) mass is 216 g/mol. The van der Waals surface area contributed by atoms with Crippen molar-refractivity contribution in [1.29, 1.82) is 0 Å². The van der Waals surface area contributed by atoms with Gasteiger partial charge in [0.2, 0.25) is 0 Å². The van der Waals surface area contributed by atoms with Gasteiger partial charge >= 0.3 is 0 Å². The second-order valence-electron chi connectivity index (χ2n) is 5.44. The zero-order valence-electron chi connectivity index (χ0n) is 10.3. The van der Waals surface area contributed by atoms with E-state index in [9.17, 15) is 0 Å². The van der Waals surface area contributed by atoms with Gasteiger partial charge in [0.05, 0.1) is 0 Å². The van der Waals surface area contributed by atoms with Gasteiger partial charge in [0.1, 0.15) is 0 Å². The van der Waals surface area contributed by atoms with Crippen LogP contribution < -0.4 is 0 Å². The summed E-state index contributed by atoms with van der Waals surface area (Å²) in [5.74, 6) is 3.96.